The Morgan fingerprint density at radius 1 is 1.08 bits per heavy atom. The van der Waals surface area contributed by atoms with Crippen molar-refractivity contribution in [1.29, 1.82) is 0 Å². The third kappa shape index (κ3) is 5.86. The average Bonchev–Trinajstić information content (AvgIpc) is 3.63. The number of thiazole rings is 1. The summed E-state index contributed by atoms with van der Waals surface area (Å²) < 4.78 is 39.6. The lowest BCUT2D eigenvalue weighted by Crippen LogP contribution is -2.39. The highest BCUT2D eigenvalue weighted by molar-refractivity contribution is 7.89. The van der Waals surface area contributed by atoms with E-state index in [-0.39, 0.29) is 10.8 Å². The molecule has 9 nitrogen and oxygen atoms in total. The standard InChI is InChI=1S/C27H34N4O5S2/c1-2-36-23-7-5-8-24-25(23)28-27(37-24)31(16-6-13-29-17-19-35-20-18-29)26(32)21-9-11-22(12-10-21)38(33,34)30-14-3-4-15-30/h5,7-12H,2-4,6,13-20H2,1H3. The minimum Gasteiger partial charge on any atom is -0.492 e. The number of amides is 1. The second kappa shape index (κ2) is 12.1. The molecule has 204 valence electrons. The number of nitrogens with zero attached hydrogens (tertiary/aromatic N) is 4. The Morgan fingerprint density at radius 3 is 2.53 bits per heavy atom. The number of carbonyl (C=O) groups is 1. The number of rotatable bonds is 10. The van der Waals surface area contributed by atoms with E-state index in [1.54, 1.807) is 29.2 Å². The number of aromatic nitrogens is 1. The number of hydrogen-bond donors (Lipinski definition) is 0. The highest BCUT2D eigenvalue weighted by atomic mass is 32.2. The minimum atomic E-state index is -3.54. The first-order valence-corrected chi connectivity index (χ1v) is 15.5. The van der Waals surface area contributed by atoms with Crippen LogP contribution in [0.3, 0.4) is 0 Å². The van der Waals surface area contributed by atoms with Gasteiger partial charge in [-0.05, 0) is 62.6 Å². The number of ether oxygens (including phenoxy) is 2. The molecule has 3 heterocycles. The lowest BCUT2D eigenvalue weighted by molar-refractivity contribution is 0.0376. The fraction of sp³-hybridized carbons (Fsp3) is 0.481. The van der Waals surface area contributed by atoms with Gasteiger partial charge in [-0.15, -0.1) is 0 Å². The summed E-state index contributed by atoms with van der Waals surface area (Å²) in [5.74, 6) is 0.499. The van der Waals surface area contributed by atoms with Crippen molar-refractivity contribution < 1.29 is 22.7 Å². The monoisotopic (exact) mass is 558 g/mol. The van der Waals surface area contributed by atoms with E-state index in [4.69, 9.17) is 14.5 Å². The molecule has 0 bridgehead atoms. The third-order valence-electron chi connectivity index (χ3n) is 6.91. The van der Waals surface area contributed by atoms with Gasteiger partial charge in [-0.1, -0.05) is 17.4 Å². The van der Waals surface area contributed by atoms with Crippen LogP contribution < -0.4 is 9.64 Å². The second-order valence-corrected chi connectivity index (χ2v) is 12.4. The molecule has 2 saturated heterocycles. The van der Waals surface area contributed by atoms with Gasteiger partial charge in [0.15, 0.2) is 5.13 Å². The summed E-state index contributed by atoms with van der Waals surface area (Å²) in [5, 5.41) is 0.605. The summed E-state index contributed by atoms with van der Waals surface area (Å²) in [4.78, 5) is 22.9. The molecule has 2 aromatic carbocycles. The SMILES string of the molecule is CCOc1cccc2sc(N(CCCN3CCOCC3)C(=O)c3ccc(S(=O)(=O)N4CCCC4)cc3)nc12. The molecule has 0 unspecified atom stereocenters. The first kappa shape index (κ1) is 27.0. The average molecular weight is 559 g/mol. The summed E-state index contributed by atoms with van der Waals surface area (Å²) >= 11 is 1.46. The molecule has 0 radical (unpaired) electrons. The summed E-state index contributed by atoms with van der Waals surface area (Å²) in [6.45, 7) is 8.13. The Bertz CT molecular complexity index is 1350. The van der Waals surface area contributed by atoms with Gasteiger partial charge in [0.25, 0.3) is 5.91 Å². The zero-order valence-corrected chi connectivity index (χ0v) is 23.3. The molecule has 5 rings (SSSR count). The van der Waals surface area contributed by atoms with Gasteiger partial charge in [-0.25, -0.2) is 13.4 Å². The smallest absolute Gasteiger partial charge is 0.260 e. The van der Waals surface area contributed by atoms with Crippen LogP contribution in [0, 0.1) is 0 Å². The van der Waals surface area contributed by atoms with E-state index >= 15 is 0 Å². The molecule has 2 aliphatic rings. The largest absolute Gasteiger partial charge is 0.492 e. The topological polar surface area (TPSA) is 92.3 Å². The van der Waals surface area contributed by atoms with E-state index in [2.05, 4.69) is 4.90 Å². The Balaban J connectivity index is 1.40. The van der Waals surface area contributed by atoms with Crippen LogP contribution in [0.15, 0.2) is 47.4 Å². The second-order valence-electron chi connectivity index (χ2n) is 9.43. The minimum absolute atomic E-state index is 0.200. The van der Waals surface area contributed by atoms with E-state index in [9.17, 15) is 13.2 Å². The number of morpholine rings is 1. The first-order chi connectivity index (χ1) is 18.5. The molecule has 2 fully saturated rings. The van der Waals surface area contributed by atoms with Crippen molar-refractivity contribution in [3.05, 3.63) is 48.0 Å². The predicted octanol–water partition coefficient (Wildman–Crippen LogP) is 3.85. The number of para-hydroxylation sites is 1. The van der Waals surface area contributed by atoms with Crippen molar-refractivity contribution in [2.45, 2.75) is 31.1 Å². The Kier molecular flexibility index (Phi) is 8.59. The summed E-state index contributed by atoms with van der Waals surface area (Å²) in [6.07, 6.45) is 2.53. The number of anilines is 1. The maximum absolute atomic E-state index is 13.8. The van der Waals surface area contributed by atoms with Crippen LogP contribution in [0.25, 0.3) is 10.2 Å². The normalized spacial score (nSPS) is 17.2. The number of fused-ring (bicyclic) bond motifs is 1. The lowest BCUT2D eigenvalue weighted by atomic mass is 10.2. The molecular weight excluding hydrogens is 524 g/mol. The van der Waals surface area contributed by atoms with Crippen molar-refractivity contribution >= 4 is 42.6 Å². The molecule has 1 amide bonds. The molecule has 1 aromatic heterocycles. The van der Waals surface area contributed by atoms with Gasteiger partial charge in [0.1, 0.15) is 11.3 Å². The summed E-state index contributed by atoms with van der Waals surface area (Å²) in [6, 6.07) is 12.1. The van der Waals surface area contributed by atoms with Gasteiger partial charge in [0, 0.05) is 44.8 Å². The van der Waals surface area contributed by atoms with Crippen LogP contribution in [-0.4, -0.2) is 87.6 Å². The molecule has 11 heteroatoms. The number of hydrogen-bond acceptors (Lipinski definition) is 8. The van der Waals surface area contributed by atoms with Crippen molar-refractivity contribution in [1.82, 2.24) is 14.2 Å². The van der Waals surface area contributed by atoms with E-state index in [0.29, 0.717) is 42.7 Å². The quantitative estimate of drug-likeness (QED) is 0.373. The fourth-order valence-electron chi connectivity index (χ4n) is 4.86. The molecule has 0 saturated carbocycles. The van der Waals surface area contributed by atoms with Crippen LogP contribution in [0.2, 0.25) is 0 Å². The van der Waals surface area contributed by atoms with E-state index < -0.39 is 10.0 Å². The van der Waals surface area contributed by atoms with Crippen molar-refractivity contribution in [3.8, 4) is 5.75 Å². The fourth-order valence-corrected chi connectivity index (χ4v) is 7.39. The first-order valence-electron chi connectivity index (χ1n) is 13.2. The Labute approximate surface area is 228 Å². The zero-order chi connectivity index (χ0) is 26.5. The Morgan fingerprint density at radius 2 is 1.82 bits per heavy atom. The van der Waals surface area contributed by atoms with Gasteiger partial charge in [0.2, 0.25) is 10.0 Å². The molecule has 3 aromatic rings. The van der Waals surface area contributed by atoms with Gasteiger partial charge in [0.05, 0.1) is 29.4 Å². The maximum Gasteiger partial charge on any atom is 0.260 e. The molecule has 0 spiro atoms. The molecule has 2 aliphatic heterocycles. The third-order valence-corrected chi connectivity index (χ3v) is 9.87. The van der Waals surface area contributed by atoms with E-state index in [0.717, 1.165) is 62.3 Å². The lowest BCUT2D eigenvalue weighted by Gasteiger charge is -2.27. The number of sulfonamides is 1. The van der Waals surface area contributed by atoms with Gasteiger partial charge >= 0.3 is 0 Å². The van der Waals surface area contributed by atoms with E-state index in [1.165, 1.54) is 15.6 Å². The van der Waals surface area contributed by atoms with Crippen LogP contribution in [0.4, 0.5) is 5.13 Å². The molecule has 0 atom stereocenters. The van der Waals surface area contributed by atoms with Crippen molar-refractivity contribution in [2.24, 2.45) is 0 Å². The summed E-state index contributed by atoms with van der Waals surface area (Å²) in [7, 11) is -3.54. The van der Waals surface area contributed by atoms with Gasteiger partial charge in [-0.2, -0.15) is 4.31 Å². The van der Waals surface area contributed by atoms with Crippen LogP contribution in [-0.2, 0) is 14.8 Å². The van der Waals surface area contributed by atoms with Gasteiger partial charge < -0.3 is 9.47 Å². The highest BCUT2D eigenvalue weighted by Gasteiger charge is 2.28. The van der Waals surface area contributed by atoms with Gasteiger partial charge in [-0.3, -0.25) is 14.6 Å². The highest BCUT2D eigenvalue weighted by Crippen LogP contribution is 2.35. The maximum atomic E-state index is 13.8. The van der Waals surface area contributed by atoms with Crippen molar-refractivity contribution in [3.63, 3.8) is 0 Å². The van der Waals surface area contributed by atoms with Crippen LogP contribution in [0.5, 0.6) is 5.75 Å². The van der Waals surface area contributed by atoms with Crippen LogP contribution >= 0.6 is 11.3 Å². The van der Waals surface area contributed by atoms with Crippen molar-refractivity contribution in [2.75, 3.05) is 64.0 Å². The van der Waals surface area contributed by atoms with Crippen LogP contribution in [0.1, 0.15) is 36.5 Å². The molecule has 38 heavy (non-hydrogen) atoms. The Hall–Kier alpha value is -2.57. The molecule has 0 aliphatic carbocycles. The number of carbonyl (C=O) groups excluding carboxylic acids is 1. The summed E-state index contributed by atoms with van der Waals surface area (Å²) in [5.41, 5.74) is 1.17. The number of benzene rings is 2. The van der Waals surface area contributed by atoms with E-state index in [1.807, 2.05) is 25.1 Å². The zero-order valence-electron chi connectivity index (χ0n) is 21.7. The molecule has 0 N–H and O–H groups in total. The predicted molar refractivity (Wildman–Crippen MR) is 149 cm³/mol. The molecular formula is C27H34N4O5S2.